The standard InChI is InChI=1S/C13H23N5O/c1-12-15-4-2-13(16-12)18-7-5-17(6-8-18)9-11-19-10-3-14/h2,4H,3,5-11,14H2,1H3. The van der Waals surface area contributed by atoms with Crippen molar-refractivity contribution < 1.29 is 4.74 Å². The second-order valence-corrected chi connectivity index (χ2v) is 4.69. The minimum Gasteiger partial charge on any atom is -0.379 e. The van der Waals surface area contributed by atoms with E-state index in [1.165, 1.54) is 0 Å². The molecule has 0 bridgehead atoms. The van der Waals surface area contributed by atoms with Crippen LogP contribution in [0, 0.1) is 6.92 Å². The van der Waals surface area contributed by atoms with Crippen molar-refractivity contribution >= 4 is 5.82 Å². The van der Waals surface area contributed by atoms with Crippen molar-refractivity contribution in [1.82, 2.24) is 14.9 Å². The molecule has 0 saturated carbocycles. The lowest BCUT2D eigenvalue weighted by atomic mass is 10.3. The maximum Gasteiger partial charge on any atom is 0.132 e. The zero-order valence-electron chi connectivity index (χ0n) is 11.6. The SMILES string of the molecule is Cc1nccc(N2CCN(CCOCCN)CC2)n1. The summed E-state index contributed by atoms with van der Waals surface area (Å²) in [5, 5.41) is 0. The molecule has 6 heteroatoms. The van der Waals surface area contributed by atoms with E-state index in [-0.39, 0.29) is 0 Å². The van der Waals surface area contributed by atoms with Crippen molar-refractivity contribution in [3.63, 3.8) is 0 Å². The predicted molar refractivity (Wildman–Crippen MR) is 75.3 cm³/mol. The van der Waals surface area contributed by atoms with Gasteiger partial charge in [0.05, 0.1) is 13.2 Å². The third kappa shape index (κ3) is 4.41. The molecule has 0 amide bonds. The third-order valence-corrected chi connectivity index (χ3v) is 3.27. The van der Waals surface area contributed by atoms with Gasteiger partial charge in [0.25, 0.3) is 0 Å². The van der Waals surface area contributed by atoms with Crippen LogP contribution in [-0.4, -0.2) is 67.4 Å². The summed E-state index contributed by atoms with van der Waals surface area (Å²) < 4.78 is 5.41. The molecule has 19 heavy (non-hydrogen) atoms. The Morgan fingerprint density at radius 1 is 1.26 bits per heavy atom. The van der Waals surface area contributed by atoms with Gasteiger partial charge in [-0.3, -0.25) is 4.90 Å². The Balaban J connectivity index is 1.73. The molecule has 0 aromatic carbocycles. The predicted octanol–water partition coefficient (Wildman–Crippen LogP) is -0.118. The maximum atomic E-state index is 5.41. The number of rotatable bonds is 6. The second-order valence-electron chi connectivity index (χ2n) is 4.69. The van der Waals surface area contributed by atoms with Gasteiger partial charge in [0.2, 0.25) is 0 Å². The van der Waals surface area contributed by atoms with E-state index in [9.17, 15) is 0 Å². The van der Waals surface area contributed by atoms with Crippen LogP contribution in [0.3, 0.4) is 0 Å². The molecule has 1 fully saturated rings. The molecule has 2 heterocycles. The van der Waals surface area contributed by atoms with Crippen LogP contribution in [0.2, 0.25) is 0 Å². The van der Waals surface area contributed by atoms with E-state index in [0.29, 0.717) is 13.2 Å². The van der Waals surface area contributed by atoms with Gasteiger partial charge in [-0.2, -0.15) is 0 Å². The Labute approximate surface area is 114 Å². The molecule has 0 unspecified atom stereocenters. The summed E-state index contributed by atoms with van der Waals surface area (Å²) in [5.74, 6) is 1.86. The van der Waals surface area contributed by atoms with Gasteiger partial charge in [-0.05, 0) is 13.0 Å². The smallest absolute Gasteiger partial charge is 0.132 e. The Morgan fingerprint density at radius 2 is 2.05 bits per heavy atom. The van der Waals surface area contributed by atoms with E-state index < -0.39 is 0 Å². The number of aryl methyl sites for hydroxylation is 1. The summed E-state index contributed by atoms with van der Waals surface area (Å²) in [6.45, 7) is 9.04. The fraction of sp³-hybridized carbons (Fsp3) is 0.692. The maximum absolute atomic E-state index is 5.41. The first kappa shape index (κ1) is 14.2. The van der Waals surface area contributed by atoms with Crippen LogP contribution < -0.4 is 10.6 Å². The molecule has 2 N–H and O–H groups in total. The van der Waals surface area contributed by atoms with Gasteiger partial charge in [0.1, 0.15) is 11.6 Å². The average Bonchev–Trinajstić information content (AvgIpc) is 2.44. The molecule has 1 aliphatic heterocycles. The molecule has 1 aromatic rings. The van der Waals surface area contributed by atoms with Gasteiger partial charge in [-0.1, -0.05) is 0 Å². The van der Waals surface area contributed by atoms with Gasteiger partial charge in [0.15, 0.2) is 0 Å². The molecule has 0 spiro atoms. The molecule has 2 rings (SSSR count). The summed E-state index contributed by atoms with van der Waals surface area (Å²) in [6.07, 6.45) is 1.82. The first-order valence-electron chi connectivity index (χ1n) is 6.84. The number of aromatic nitrogens is 2. The number of nitrogens with zero attached hydrogens (tertiary/aromatic N) is 4. The zero-order chi connectivity index (χ0) is 13.5. The third-order valence-electron chi connectivity index (χ3n) is 3.27. The van der Waals surface area contributed by atoms with E-state index in [1.54, 1.807) is 0 Å². The zero-order valence-corrected chi connectivity index (χ0v) is 11.6. The van der Waals surface area contributed by atoms with Crippen LogP contribution in [0.25, 0.3) is 0 Å². The van der Waals surface area contributed by atoms with E-state index in [0.717, 1.165) is 51.0 Å². The van der Waals surface area contributed by atoms with Crippen LogP contribution in [0.1, 0.15) is 5.82 Å². The molecule has 1 saturated heterocycles. The number of nitrogens with two attached hydrogens (primary N) is 1. The molecular formula is C13H23N5O. The largest absolute Gasteiger partial charge is 0.379 e. The molecule has 1 aromatic heterocycles. The normalized spacial score (nSPS) is 16.8. The van der Waals surface area contributed by atoms with E-state index in [1.807, 2.05) is 19.2 Å². The Kier molecular flexibility index (Phi) is 5.50. The topological polar surface area (TPSA) is 67.5 Å². The molecule has 6 nitrogen and oxygen atoms in total. The van der Waals surface area contributed by atoms with Gasteiger partial charge >= 0.3 is 0 Å². The van der Waals surface area contributed by atoms with Gasteiger partial charge in [0, 0.05) is 45.5 Å². The van der Waals surface area contributed by atoms with Crippen molar-refractivity contribution in [3.8, 4) is 0 Å². The van der Waals surface area contributed by atoms with Crippen molar-refractivity contribution in [2.24, 2.45) is 5.73 Å². The highest BCUT2D eigenvalue weighted by Gasteiger charge is 2.17. The van der Waals surface area contributed by atoms with Crippen LogP contribution in [0.5, 0.6) is 0 Å². The lowest BCUT2D eigenvalue weighted by Crippen LogP contribution is -2.47. The number of hydrogen-bond acceptors (Lipinski definition) is 6. The summed E-state index contributed by atoms with van der Waals surface area (Å²) in [7, 11) is 0. The Bertz CT molecular complexity index is 379. The number of piperazine rings is 1. The fourth-order valence-corrected chi connectivity index (χ4v) is 2.20. The van der Waals surface area contributed by atoms with Crippen LogP contribution in [0.15, 0.2) is 12.3 Å². The first-order valence-corrected chi connectivity index (χ1v) is 6.84. The number of anilines is 1. The van der Waals surface area contributed by atoms with Crippen LogP contribution in [-0.2, 0) is 4.74 Å². The molecule has 106 valence electrons. The highest BCUT2D eigenvalue weighted by molar-refractivity contribution is 5.37. The van der Waals surface area contributed by atoms with Crippen molar-refractivity contribution in [2.75, 3.05) is 57.4 Å². The first-order chi connectivity index (χ1) is 9.29. The van der Waals surface area contributed by atoms with E-state index >= 15 is 0 Å². The average molecular weight is 265 g/mol. The highest BCUT2D eigenvalue weighted by atomic mass is 16.5. The van der Waals surface area contributed by atoms with Crippen LogP contribution >= 0.6 is 0 Å². The quantitative estimate of drug-likeness (QED) is 0.724. The minimum atomic E-state index is 0.598. The fourth-order valence-electron chi connectivity index (χ4n) is 2.20. The summed E-state index contributed by atoms with van der Waals surface area (Å²) in [4.78, 5) is 13.3. The van der Waals surface area contributed by atoms with Crippen molar-refractivity contribution in [2.45, 2.75) is 6.92 Å². The van der Waals surface area contributed by atoms with Gasteiger partial charge in [-0.15, -0.1) is 0 Å². The molecule has 0 atom stereocenters. The minimum absolute atomic E-state index is 0.598. The Morgan fingerprint density at radius 3 is 2.74 bits per heavy atom. The van der Waals surface area contributed by atoms with Crippen molar-refractivity contribution in [3.05, 3.63) is 18.1 Å². The van der Waals surface area contributed by atoms with E-state index in [4.69, 9.17) is 10.5 Å². The molecule has 0 radical (unpaired) electrons. The monoisotopic (exact) mass is 265 g/mol. The Hall–Kier alpha value is -1.24. The summed E-state index contributed by atoms with van der Waals surface area (Å²) >= 11 is 0. The van der Waals surface area contributed by atoms with Crippen LogP contribution in [0.4, 0.5) is 5.82 Å². The molecular weight excluding hydrogens is 242 g/mol. The number of ether oxygens (including phenoxy) is 1. The highest BCUT2D eigenvalue weighted by Crippen LogP contribution is 2.12. The summed E-state index contributed by atoms with van der Waals surface area (Å²) in [6, 6.07) is 1.98. The lowest BCUT2D eigenvalue weighted by molar-refractivity contribution is 0.107. The van der Waals surface area contributed by atoms with Gasteiger partial charge < -0.3 is 15.4 Å². The van der Waals surface area contributed by atoms with Crippen molar-refractivity contribution in [1.29, 1.82) is 0 Å². The van der Waals surface area contributed by atoms with E-state index in [2.05, 4.69) is 19.8 Å². The molecule has 0 aliphatic carbocycles. The van der Waals surface area contributed by atoms with Gasteiger partial charge in [-0.25, -0.2) is 9.97 Å². The molecule has 1 aliphatic rings. The number of hydrogen-bond donors (Lipinski definition) is 1. The second kappa shape index (κ2) is 7.37. The lowest BCUT2D eigenvalue weighted by Gasteiger charge is -2.35. The summed E-state index contributed by atoms with van der Waals surface area (Å²) in [5.41, 5.74) is 5.39.